The first-order valence-corrected chi connectivity index (χ1v) is 5.01. The molecular weight excluding hydrogens is 182 g/mol. The third-order valence-corrected chi connectivity index (χ3v) is 1.61. The summed E-state index contributed by atoms with van der Waals surface area (Å²) in [6.45, 7) is -0.0385. The summed E-state index contributed by atoms with van der Waals surface area (Å²) in [5.41, 5.74) is 3.03. The summed E-state index contributed by atoms with van der Waals surface area (Å²) in [6.07, 6.45) is 5.73. The van der Waals surface area contributed by atoms with Gasteiger partial charge in [0.05, 0.1) is 12.0 Å². The zero-order chi connectivity index (χ0) is 9.03. The summed E-state index contributed by atoms with van der Waals surface area (Å²) in [6, 6.07) is 0. The standard InChI is InChI=1S/C6H9NO4S/c1-12(8,9)11-5-6-3-2-4-10-7-6/h2-4,7H,5H2,1H3. The Morgan fingerprint density at radius 2 is 2.42 bits per heavy atom. The van der Waals surface area contributed by atoms with Gasteiger partial charge in [-0.3, -0.25) is 4.18 Å². The Kier molecular flexibility index (Phi) is 2.72. The van der Waals surface area contributed by atoms with Crippen molar-refractivity contribution in [2.24, 2.45) is 0 Å². The second kappa shape index (κ2) is 3.59. The molecule has 68 valence electrons. The van der Waals surface area contributed by atoms with Gasteiger partial charge < -0.3 is 4.84 Å². The smallest absolute Gasteiger partial charge is 0.264 e. The summed E-state index contributed by atoms with van der Waals surface area (Å²) in [5, 5.41) is 0. The van der Waals surface area contributed by atoms with E-state index < -0.39 is 10.1 Å². The molecule has 0 saturated heterocycles. The van der Waals surface area contributed by atoms with Crippen molar-refractivity contribution < 1.29 is 17.4 Å². The van der Waals surface area contributed by atoms with Crippen molar-refractivity contribution in [2.45, 2.75) is 0 Å². The topological polar surface area (TPSA) is 64.6 Å². The van der Waals surface area contributed by atoms with E-state index in [1.165, 1.54) is 6.26 Å². The maximum Gasteiger partial charge on any atom is 0.264 e. The van der Waals surface area contributed by atoms with Gasteiger partial charge in [0.25, 0.3) is 10.1 Å². The second-order valence-corrected chi connectivity index (χ2v) is 3.85. The van der Waals surface area contributed by atoms with Gasteiger partial charge in [-0.2, -0.15) is 8.42 Å². The normalized spacial score (nSPS) is 16.2. The van der Waals surface area contributed by atoms with E-state index in [4.69, 9.17) is 0 Å². The fourth-order valence-electron chi connectivity index (χ4n) is 0.587. The zero-order valence-electron chi connectivity index (χ0n) is 6.48. The van der Waals surface area contributed by atoms with Crippen LogP contribution in [0.15, 0.2) is 24.1 Å². The SMILES string of the molecule is CS(=O)(=O)OCC1=CC=CON1. The average molecular weight is 191 g/mol. The summed E-state index contributed by atoms with van der Waals surface area (Å²) in [5.74, 6) is 0. The number of allylic oxidation sites excluding steroid dienone is 2. The highest BCUT2D eigenvalue weighted by Gasteiger charge is 2.05. The van der Waals surface area contributed by atoms with Crippen molar-refractivity contribution in [3.63, 3.8) is 0 Å². The van der Waals surface area contributed by atoms with Crippen LogP contribution in [0.4, 0.5) is 0 Å². The molecule has 1 aliphatic heterocycles. The molecule has 0 aromatic carbocycles. The Bertz CT molecular complexity index is 304. The van der Waals surface area contributed by atoms with Crippen molar-refractivity contribution in [2.75, 3.05) is 12.9 Å². The van der Waals surface area contributed by atoms with Crippen molar-refractivity contribution in [1.29, 1.82) is 0 Å². The molecule has 0 amide bonds. The second-order valence-electron chi connectivity index (χ2n) is 2.21. The van der Waals surface area contributed by atoms with Crippen molar-refractivity contribution >= 4 is 10.1 Å². The van der Waals surface area contributed by atoms with E-state index in [0.29, 0.717) is 5.70 Å². The van der Waals surface area contributed by atoms with Crippen LogP contribution in [0.5, 0.6) is 0 Å². The maximum absolute atomic E-state index is 10.5. The molecule has 0 fully saturated rings. The Labute approximate surface area is 70.7 Å². The molecule has 0 unspecified atom stereocenters. The molecule has 0 aromatic heterocycles. The predicted molar refractivity (Wildman–Crippen MR) is 42.2 cm³/mol. The van der Waals surface area contributed by atoms with E-state index in [0.717, 1.165) is 6.26 Å². The molecule has 5 nitrogen and oxygen atoms in total. The third kappa shape index (κ3) is 3.40. The molecule has 0 bridgehead atoms. The van der Waals surface area contributed by atoms with Crippen LogP contribution in [0, 0.1) is 0 Å². The van der Waals surface area contributed by atoms with Gasteiger partial charge in [0.15, 0.2) is 0 Å². The predicted octanol–water partition coefficient (Wildman–Crippen LogP) is -0.105. The van der Waals surface area contributed by atoms with Crippen LogP contribution >= 0.6 is 0 Å². The lowest BCUT2D eigenvalue weighted by Crippen LogP contribution is -2.19. The molecule has 6 heteroatoms. The van der Waals surface area contributed by atoms with Gasteiger partial charge in [0.2, 0.25) is 0 Å². The molecule has 1 heterocycles. The van der Waals surface area contributed by atoms with E-state index in [1.54, 1.807) is 12.2 Å². The van der Waals surface area contributed by atoms with Gasteiger partial charge in [-0.1, -0.05) is 0 Å². The maximum atomic E-state index is 10.5. The van der Waals surface area contributed by atoms with Crippen LogP contribution in [0.1, 0.15) is 0 Å². The minimum atomic E-state index is -3.38. The number of hydrogen-bond donors (Lipinski definition) is 1. The highest BCUT2D eigenvalue weighted by molar-refractivity contribution is 7.85. The van der Waals surface area contributed by atoms with E-state index in [2.05, 4.69) is 14.5 Å². The van der Waals surface area contributed by atoms with Gasteiger partial charge in [0.1, 0.15) is 12.9 Å². The molecule has 0 radical (unpaired) electrons. The molecule has 1 aliphatic rings. The van der Waals surface area contributed by atoms with E-state index in [1.807, 2.05) is 0 Å². The van der Waals surface area contributed by atoms with Crippen LogP contribution in [-0.4, -0.2) is 21.3 Å². The number of hydroxylamine groups is 1. The van der Waals surface area contributed by atoms with Gasteiger partial charge >= 0.3 is 0 Å². The molecule has 1 N–H and O–H groups in total. The first-order valence-electron chi connectivity index (χ1n) is 3.20. The van der Waals surface area contributed by atoms with Crippen LogP contribution < -0.4 is 5.48 Å². The fourth-order valence-corrected chi connectivity index (χ4v) is 0.928. The number of nitrogens with one attached hydrogen (secondary N) is 1. The minimum Gasteiger partial charge on any atom is -0.390 e. The molecular formula is C6H9NO4S. The third-order valence-electron chi connectivity index (χ3n) is 1.06. The average Bonchev–Trinajstić information content (AvgIpc) is 2.02. The molecule has 0 aromatic rings. The minimum absolute atomic E-state index is 0.0385. The van der Waals surface area contributed by atoms with Crippen LogP contribution in [-0.2, 0) is 19.1 Å². The molecule has 1 rings (SSSR count). The van der Waals surface area contributed by atoms with Crippen LogP contribution in [0.3, 0.4) is 0 Å². The largest absolute Gasteiger partial charge is 0.390 e. The zero-order valence-corrected chi connectivity index (χ0v) is 7.30. The van der Waals surface area contributed by atoms with E-state index in [9.17, 15) is 8.42 Å². The Balaban J connectivity index is 2.42. The van der Waals surface area contributed by atoms with Gasteiger partial charge in [-0.25, -0.2) is 5.48 Å². The van der Waals surface area contributed by atoms with Gasteiger partial charge in [-0.15, -0.1) is 0 Å². The van der Waals surface area contributed by atoms with Gasteiger partial charge in [0, 0.05) is 0 Å². The lowest BCUT2D eigenvalue weighted by Gasteiger charge is -2.10. The first kappa shape index (κ1) is 9.08. The lowest BCUT2D eigenvalue weighted by atomic mass is 10.4. The van der Waals surface area contributed by atoms with Crippen molar-refractivity contribution in [1.82, 2.24) is 5.48 Å². The lowest BCUT2D eigenvalue weighted by molar-refractivity contribution is 0.146. The van der Waals surface area contributed by atoms with Crippen LogP contribution in [0.25, 0.3) is 0 Å². The highest BCUT2D eigenvalue weighted by atomic mass is 32.2. The fraction of sp³-hybridized carbons (Fsp3) is 0.333. The number of hydrogen-bond acceptors (Lipinski definition) is 5. The molecule has 0 atom stereocenters. The first-order chi connectivity index (χ1) is 5.58. The monoisotopic (exact) mass is 191 g/mol. The van der Waals surface area contributed by atoms with E-state index >= 15 is 0 Å². The molecule has 0 saturated carbocycles. The van der Waals surface area contributed by atoms with E-state index in [-0.39, 0.29) is 6.61 Å². The van der Waals surface area contributed by atoms with Crippen molar-refractivity contribution in [3.05, 3.63) is 24.1 Å². The van der Waals surface area contributed by atoms with Crippen molar-refractivity contribution in [3.8, 4) is 0 Å². The molecule has 0 spiro atoms. The van der Waals surface area contributed by atoms with Crippen LogP contribution in [0.2, 0.25) is 0 Å². The Hall–Kier alpha value is -1.01. The number of rotatable bonds is 3. The summed E-state index contributed by atoms with van der Waals surface area (Å²) in [7, 11) is -3.38. The Morgan fingerprint density at radius 1 is 1.67 bits per heavy atom. The van der Waals surface area contributed by atoms with Gasteiger partial charge in [-0.05, 0) is 12.2 Å². The summed E-state index contributed by atoms with van der Waals surface area (Å²) in [4.78, 5) is 4.67. The summed E-state index contributed by atoms with van der Waals surface area (Å²) < 4.78 is 25.6. The summed E-state index contributed by atoms with van der Waals surface area (Å²) >= 11 is 0. The highest BCUT2D eigenvalue weighted by Crippen LogP contribution is 1.99. The quantitative estimate of drug-likeness (QED) is 0.631. The Morgan fingerprint density at radius 3 is 2.92 bits per heavy atom. The molecule has 0 aliphatic carbocycles. The molecule has 12 heavy (non-hydrogen) atoms.